The molecule has 2 nitrogen and oxygen atoms in total. The van der Waals surface area contributed by atoms with Crippen molar-refractivity contribution in [3.63, 3.8) is 0 Å². The Morgan fingerprint density at radius 1 is 0.667 bits per heavy atom. The summed E-state index contributed by atoms with van der Waals surface area (Å²) < 4.78 is 115. The summed E-state index contributed by atoms with van der Waals surface area (Å²) in [5, 5.41) is -0.286. The van der Waals surface area contributed by atoms with Gasteiger partial charge in [0.1, 0.15) is 5.71 Å². The SMILES string of the molecule is C/C(=N\c1cccc2cccc(N=C(C(F)(F)F)C(F)(F)F)c12)C(F)(F)F. The van der Waals surface area contributed by atoms with Crippen molar-refractivity contribution in [2.24, 2.45) is 9.98 Å². The van der Waals surface area contributed by atoms with Crippen molar-refractivity contribution in [1.29, 1.82) is 0 Å². The lowest BCUT2D eigenvalue weighted by atomic mass is 10.1. The van der Waals surface area contributed by atoms with E-state index in [-0.39, 0.29) is 10.8 Å². The van der Waals surface area contributed by atoms with E-state index >= 15 is 0 Å². The number of hydrogen-bond donors (Lipinski definition) is 0. The molecule has 0 radical (unpaired) electrons. The van der Waals surface area contributed by atoms with Crippen LogP contribution in [0, 0.1) is 0 Å². The molecule has 0 amide bonds. The normalized spacial score (nSPS) is 13.8. The molecule has 146 valence electrons. The van der Waals surface area contributed by atoms with Crippen LogP contribution in [-0.2, 0) is 0 Å². The molecule has 27 heavy (non-hydrogen) atoms. The first kappa shape index (κ1) is 20.7. The molecule has 11 heteroatoms. The summed E-state index contributed by atoms with van der Waals surface area (Å²) >= 11 is 0. The van der Waals surface area contributed by atoms with Gasteiger partial charge in [0.2, 0.25) is 5.71 Å². The number of rotatable bonds is 2. The van der Waals surface area contributed by atoms with Crippen LogP contribution in [0.5, 0.6) is 0 Å². The Bertz CT molecular complexity index is 881. The van der Waals surface area contributed by atoms with Crippen LogP contribution in [-0.4, -0.2) is 30.0 Å². The highest BCUT2D eigenvalue weighted by atomic mass is 19.4. The number of fused-ring (bicyclic) bond motifs is 1. The van der Waals surface area contributed by atoms with Gasteiger partial charge in [0.15, 0.2) is 0 Å². The zero-order chi connectivity index (χ0) is 20.6. The maximum atomic E-state index is 12.7. The lowest BCUT2D eigenvalue weighted by Gasteiger charge is -2.14. The lowest BCUT2D eigenvalue weighted by Crippen LogP contribution is -2.36. The van der Waals surface area contributed by atoms with Gasteiger partial charge in [0.05, 0.1) is 11.4 Å². The first-order chi connectivity index (χ1) is 12.2. The zero-order valence-electron chi connectivity index (χ0n) is 13.3. The van der Waals surface area contributed by atoms with Gasteiger partial charge in [-0.1, -0.05) is 24.3 Å². The van der Waals surface area contributed by atoms with Crippen molar-refractivity contribution >= 4 is 33.6 Å². The molecule has 0 spiro atoms. The molecule has 0 heterocycles. The highest BCUT2D eigenvalue weighted by Crippen LogP contribution is 2.38. The average Bonchev–Trinajstić information content (AvgIpc) is 2.49. The minimum absolute atomic E-state index is 0.0798. The molecule has 0 N–H and O–H groups in total. The topological polar surface area (TPSA) is 24.7 Å². The van der Waals surface area contributed by atoms with E-state index < -0.39 is 41.3 Å². The van der Waals surface area contributed by atoms with Crippen LogP contribution in [0.15, 0.2) is 46.4 Å². The van der Waals surface area contributed by atoms with Crippen LogP contribution in [0.25, 0.3) is 10.8 Å². The van der Waals surface area contributed by atoms with E-state index in [1.165, 1.54) is 18.2 Å². The van der Waals surface area contributed by atoms with Gasteiger partial charge < -0.3 is 0 Å². The van der Waals surface area contributed by atoms with Crippen molar-refractivity contribution in [1.82, 2.24) is 0 Å². The molecule has 0 saturated carbocycles. The van der Waals surface area contributed by atoms with E-state index in [9.17, 15) is 39.5 Å². The molecule has 2 aromatic rings. The summed E-state index contributed by atoms with van der Waals surface area (Å²) in [6, 6.07) is 6.88. The molecule has 2 rings (SSSR count). The summed E-state index contributed by atoms with van der Waals surface area (Å²) in [7, 11) is 0. The van der Waals surface area contributed by atoms with Gasteiger partial charge in [-0.3, -0.25) is 0 Å². The van der Waals surface area contributed by atoms with Gasteiger partial charge in [0, 0.05) is 5.39 Å². The van der Waals surface area contributed by atoms with E-state index in [0.29, 0.717) is 6.92 Å². The molecule has 0 aliphatic heterocycles. The fraction of sp³-hybridized carbons (Fsp3) is 0.250. The third kappa shape index (κ3) is 4.77. The van der Waals surface area contributed by atoms with Gasteiger partial charge in [-0.2, -0.15) is 39.5 Å². The number of nitrogens with zero attached hydrogens (tertiary/aromatic N) is 2. The minimum Gasteiger partial charge on any atom is -0.248 e. The van der Waals surface area contributed by atoms with Gasteiger partial charge in [-0.05, 0) is 24.4 Å². The first-order valence-corrected chi connectivity index (χ1v) is 7.08. The fourth-order valence-corrected chi connectivity index (χ4v) is 2.14. The van der Waals surface area contributed by atoms with Crippen LogP contribution in [0.1, 0.15) is 6.92 Å². The molecule has 0 aliphatic rings. The monoisotopic (exact) mass is 400 g/mol. The third-order valence-electron chi connectivity index (χ3n) is 3.33. The van der Waals surface area contributed by atoms with E-state index in [4.69, 9.17) is 0 Å². The number of benzene rings is 2. The largest absolute Gasteiger partial charge is 0.438 e. The highest BCUT2D eigenvalue weighted by molar-refractivity contribution is 6.06. The molecule has 0 unspecified atom stereocenters. The van der Waals surface area contributed by atoms with Crippen LogP contribution in [0.2, 0.25) is 0 Å². The molecule has 0 bridgehead atoms. The summed E-state index contributed by atoms with van der Waals surface area (Å²) in [5.41, 5.74) is -5.59. The molecule has 0 saturated heterocycles. The van der Waals surface area contributed by atoms with Crippen LogP contribution >= 0.6 is 0 Å². The van der Waals surface area contributed by atoms with Crippen molar-refractivity contribution in [2.45, 2.75) is 25.5 Å². The second kappa shape index (κ2) is 6.86. The summed E-state index contributed by atoms with van der Waals surface area (Å²) in [5.74, 6) is 0. The van der Waals surface area contributed by atoms with Crippen molar-refractivity contribution in [3.8, 4) is 0 Å². The van der Waals surface area contributed by atoms with E-state index in [2.05, 4.69) is 9.98 Å². The summed E-state index contributed by atoms with van der Waals surface area (Å²) in [4.78, 5) is 5.99. The molecular formula is C16H9F9N2. The maximum Gasteiger partial charge on any atom is 0.438 e. The molecule has 0 fully saturated rings. The van der Waals surface area contributed by atoms with Crippen molar-refractivity contribution < 1.29 is 39.5 Å². The summed E-state index contributed by atoms with van der Waals surface area (Å²) in [6.07, 6.45) is -16.4. The first-order valence-electron chi connectivity index (χ1n) is 7.08. The molecular weight excluding hydrogens is 391 g/mol. The Kier molecular flexibility index (Phi) is 5.26. The van der Waals surface area contributed by atoms with Gasteiger partial charge in [-0.25, -0.2) is 9.98 Å². The summed E-state index contributed by atoms with van der Waals surface area (Å²) in [6.45, 7) is 0.627. The predicted octanol–water partition coefficient (Wildman–Crippen LogP) is 6.69. The standard InChI is InChI=1S/C16H9F9N2/c1-8(14(17,18)19)26-10-6-2-4-9-5-3-7-11(12(9)10)27-13(15(20,21)22)16(23,24)25/h2-7H,1H3/b26-8+. The van der Waals surface area contributed by atoms with Crippen LogP contribution in [0.4, 0.5) is 50.9 Å². The average molecular weight is 400 g/mol. The smallest absolute Gasteiger partial charge is 0.248 e. The Labute approximate surface area is 146 Å². The van der Waals surface area contributed by atoms with Crippen LogP contribution in [0.3, 0.4) is 0 Å². The Balaban J connectivity index is 2.81. The quantitative estimate of drug-likeness (QED) is 0.396. The highest BCUT2D eigenvalue weighted by Gasteiger charge is 2.53. The van der Waals surface area contributed by atoms with Gasteiger partial charge >= 0.3 is 18.5 Å². The number of aliphatic imine (C=N–C) groups is 2. The van der Waals surface area contributed by atoms with Gasteiger partial charge in [-0.15, -0.1) is 0 Å². The Hall–Kier alpha value is -2.59. The molecule has 0 aromatic heterocycles. The Morgan fingerprint density at radius 3 is 1.52 bits per heavy atom. The number of hydrogen-bond acceptors (Lipinski definition) is 2. The zero-order valence-corrected chi connectivity index (χ0v) is 13.3. The van der Waals surface area contributed by atoms with E-state index in [1.807, 2.05) is 0 Å². The van der Waals surface area contributed by atoms with Crippen LogP contribution < -0.4 is 0 Å². The lowest BCUT2D eigenvalue weighted by molar-refractivity contribution is -0.117. The third-order valence-corrected chi connectivity index (χ3v) is 3.33. The number of alkyl halides is 9. The fourth-order valence-electron chi connectivity index (χ4n) is 2.14. The molecule has 2 aromatic carbocycles. The second-order valence-electron chi connectivity index (χ2n) is 5.30. The number of halogens is 9. The second-order valence-corrected chi connectivity index (χ2v) is 5.30. The molecule has 0 aliphatic carbocycles. The minimum atomic E-state index is -5.81. The van der Waals surface area contributed by atoms with E-state index in [0.717, 1.165) is 18.2 Å². The predicted molar refractivity (Wildman–Crippen MR) is 82.0 cm³/mol. The van der Waals surface area contributed by atoms with E-state index in [1.54, 1.807) is 0 Å². The molecule has 0 atom stereocenters. The Morgan fingerprint density at radius 2 is 1.11 bits per heavy atom. The maximum absolute atomic E-state index is 12.7. The van der Waals surface area contributed by atoms with Crippen molar-refractivity contribution in [3.05, 3.63) is 36.4 Å². The van der Waals surface area contributed by atoms with Crippen molar-refractivity contribution in [2.75, 3.05) is 0 Å². The van der Waals surface area contributed by atoms with Gasteiger partial charge in [0.25, 0.3) is 0 Å².